The molecule has 0 spiro atoms. The molecule has 7 heteroatoms. The number of nitrogens with two attached hydrogens (primary N) is 1. The minimum atomic E-state index is -0.273. The van der Waals surface area contributed by atoms with Crippen LogP contribution in [0.5, 0.6) is 0 Å². The summed E-state index contributed by atoms with van der Waals surface area (Å²) in [4.78, 5) is 12.6. The van der Waals surface area contributed by atoms with E-state index in [1.54, 1.807) is 17.8 Å². The number of rotatable bonds is 5. The van der Waals surface area contributed by atoms with Gasteiger partial charge < -0.3 is 4.74 Å². The molecule has 1 aliphatic rings. The molecule has 1 aromatic rings. The average molecular weight is 265 g/mol. The van der Waals surface area contributed by atoms with Crippen LogP contribution < -0.4 is 5.84 Å². The number of aromatic nitrogens is 2. The summed E-state index contributed by atoms with van der Waals surface area (Å²) in [6, 6.07) is -0.0257. The van der Waals surface area contributed by atoms with Crippen molar-refractivity contribution >= 4 is 12.7 Å². The molecule has 104 valence electrons. The quantitative estimate of drug-likeness (QED) is 0.279. The van der Waals surface area contributed by atoms with E-state index in [1.807, 2.05) is 0 Å². The van der Waals surface area contributed by atoms with Crippen LogP contribution in [-0.4, -0.2) is 33.9 Å². The number of carbonyl (C=O) groups excluding carboxylic acids is 1. The Morgan fingerprint density at radius 2 is 2.58 bits per heavy atom. The summed E-state index contributed by atoms with van der Waals surface area (Å²) in [6.07, 6.45) is 4.55. The second kappa shape index (κ2) is 5.73. The van der Waals surface area contributed by atoms with Crippen LogP contribution in [0.25, 0.3) is 5.43 Å². The number of esters is 1. The van der Waals surface area contributed by atoms with Gasteiger partial charge in [0, 0.05) is 17.3 Å². The van der Waals surface area contributed by atoms with Crippen molar-refractivity contribution in [1.82, 2.24) is 9.78 Å². The van der Waals surface area contributed by atoms with Gasteiger partial charge in [-0.25, -0.2) is 5.43 Å². The summed E-state index contributed by atoms with van der Waals surface area (Å²) in [5.41, 5.74) is 6.30. The van der Waals surface area contributed by atoms with Gasteiger partial charge in [0.25, 0.3) is 0 Å². The van der Waals surface area contributed by atoms with Gasteiger partial charge in [0.1, 0.15) is 6.54 Å². The summed E-state index contributed by atoms with van der Waals surface area (Å²) < 4.78 is 6.63. The number of fused-ring (bicyclic) bond motifs is 1. The SMILES string of the molecule is C=[N+](N)[N-][C@@H]1CCCc2c1cnn2CC(=O)OCC. The summed E-state index contributed by atoms with van der Waals surface area (Å²) in [5, 5.41) is 4.25. The van der Waals surface area contributed by atoms with Crippen molar-refractivity contribution < 1.29 is 14.3 Å². The molecule has 0 aliphatic heterocycles. The van der Waals surface area contributed by atoms with Gasteiger partial charge in [-0.15, -0.1) is 4.79 Å². The second-order valence-electron chi connectivity index (χ2n) is 4.47. The van der Waals surface area contributed by atoms with E-state index < -0.39 is 0 Å². The lowest BCUT2D eigenvalue weighted by Gasteiger charge is -2.24. The van der Waals surface area contributed by atoms with E-state index in [0.717, 1.165) is 35.3 Å². The van der Waals surface area contributed by atoms with Gasteiger partial charge in [0.2, 0.25) is 0 Å². The zero-order valence-corrected chi connectivity index (χ0v) is 11.1. The molecule has 0 bridgehead atoms. The molecule has 0 fully saturated rings. The van der Waals surface area contributed by atoms with Crippen molar-refractivity contribution in [2.75, 3.05) is 6.61 Å². The standard InChI is InChI=1S/C12H19N5O2/c1-3-19-12(18)8-17-11-6-4-5-10(15-16(2)13)9(11)7-14-17/h7,10H,2-6,8H2,1H3,(H2,13,15)/t10-/m1/s1. The van der Waals surface area contributed by atoms with Crippen LogP contribution in [0.4, 0.5) is 0 Å². The molecule has 0 saturated carbocycles. The van der Waals surface area contributed by atoms with E-state index >= 15 is 0 Å². The third-order valence-electron chi connectivity index (χ3n) is 3.10. The highest BCUT2D eigenvalue weighted by Crippen LogP contribution is 2.34. The predicted octanol–water partition coefficient (Wildman–Crippen LogP) is 0.699. The number of nitrogens with zero attached hydrogens (tertiary/aromatic N) is 4. The van der Waals surface area contributed by atoms with Gasteiger partial charge >= 0.3 is 5.97 Å². The molecule has 0 saturated heterocycles. The molecule has 0 amide bonds. The molecular formula is C12H19N5O2. The lowest BCUT2D eigenvalue weighted by atomic mass is 9.93. The Labute approximate surface area is 112 Å². The van der Waals surface area contributed by atoms with Crippen molar-refractivity contribution in [3.63, 3.8) is 0 Å². The molecule has 0 unspecified atom stereocenters. The first-order valence-electron chi connectivity index (χ1n) is 6.38. The first-order chi connectivity index (χ1) is 9.11. The Kier molecular flexibility index (Phi) is 4.03. The zero-order chi connectivity index (χ0) is 13.8. The Bertz CT molecular complexity index is 482. The van der Waals surface area contributed by atoms with Gasteiger partial charge in [0.05, 0.1) is 12.8 Å². The van der Waals surface area contributed by atoms with E-state index in [4.69, 9.17) is 10.6 Å². The summed E-state index contributed by atoms with van der Waals surface area (Å²) >= 11 is 0. The Morgan fingerprint density at radius 3 is 3.26 bits per heavy atom. The third-order valence-corrected chi connectivity index (χ3v) is 3.10. The van der Waals surface area contributed by atoms with E-state index in [1.165, 1.54) is 0 Å². The Hall–Kier alpha value is -2.05. The topological polar surface area (TPSA) is 87.3 Å². The molecule has 2 N–H and O–H groups in total. The number of hydrogen-bond acceptors (Lipinski definition) is 4. The molecule has 7 nitrogen and oxygen atoms in total. The Balaban J connectivity index is 2.15. The van der Waals surface area contributed by atoms with Crippen LogP contribution in [0.1, 0.15) is 37.1 Å². The fraction of sp³-hybridized carbons (Fsp3) is 0.583. The maximum atomic E-state index is 11.5. The maximum Gasteiger partial charge on any atom is 0.327 e. The van der Waals surface area contributed by atoms with Crippen molar-refractivity contribution in [3.8, 4) is 0 Å². The Morgan fingerprint density at radius 1 is 1.79 bits per heavy atom. The van der Waals surface area contributed by atoms with Gasteiger partial charge in [-0.2, -0.15) is 5.10 Å². The van der Waals surface area contributed by atoms with E-state index in [9.17, 15) is 4.79 Å². The number of hydrogen-bond donors (Lipinski definition) is 1. The van der Waals surface area contributed by atoms with E-state index in [0.29, 0.717) is 6.61 Å². The second-order valence-corrected chi connectivity index (χ2v) is 4.47. The smallest absolute Gasteiger partial charge is 0.327 e. The van der Waals surface area contributed by atoms with E-state index in [-0.39, 0.29) is 18.6 Å². The zero-order valence-electron chi connectivity index (χ0n) is 11.1. The fourth-order valence-electron chi connectivity index (χ4n) is 2.36. The lowest BCUT2D eigenvalue weighted by Crippen LogP contribution is -2.21. The predicted molar refractivity (Wildman–Crippen MR) is 69.5 cm³/mol. The van der Waals surface area contributed by atoms with Gasteiger partial charge in [-0.3, -0.25) is 15.3 Å². The lowest BCUT2D eigenvalue weighted by molar-refractivity contribution is -0.486. The van der Waals surface area contributed by atoms with Crippen LogP contribution in [0.15, 0.2) is 6.20 Å². The number of hydrazine groups is 1. The highest BCUT2D eigenvalue weighted by atomic mass is 16.5. The molecule has 1 atom stereocenters. The third kappa shape index (κ3) is 3.04. The molecule has 19 heavy (non-hydrogen) atoms. The minimum absolute atomic E-state index is 0.0257. The highest BCUT2D eigenvalue weighted by Gasteiger charge is 2.24. The first-order valence-corrected chi connectivity index (χ1v) is 6.38. The average Bonchev–Trinajstić information content (AvgIpc) is 2.73. The van der Waals surface area contributed by atoms with Crippen LogP contribution in [-0.2, 0) is 22.5 Å². The van der Waals surface area contributed by atoms with Crippen LogP contribution in [0, 0.1) is 0 Å². The van der Waals surface area contributed by atoms with Gasteiger partial charge in [-0.1, -0.05) is 0 Å². The number of ether oxygens (including phenoxy) is 1. The summed E-state index contributed by atoms with van der Waals surface area (Å²) in [5.74, 6) is 5.19. The monoisotopic (exact) mass is 265 g/mol. The normalized spacial score (nSPS) is 17.6. The van der Waals surface area contributed by atoms with Crippen molar-refractivity contribution in [3.05, 3.63) is 22.9 Å². The molecular weight excluding hydrogens is 246 g/mol. The maximum absolute atomic E-state index is 11.5. The van der Waals surface area contributed by atoms with E-state index in [2.05, 4.69) is 17.2 Å². The molecule has 0 radical (unpaired) electrons. The molecule has 0 aromatic carbocycles. The summed E-state index contributed by atoms with van der Waals surface area (Å²) in [6.45, 7) is 5.84. The molecule has 2 rings (SSSR count). The van der Waals surface area contributed by atoms with Gasteiger partial charge in [-0.05, 0) is 26.2 Å². The molecule has 1 aliphatic carbocycles. The highest BCUT2D eigenvalue weighted by molar-refractivity contribution is 5.69. The fourth-order valence-corrected chi connectivity index (χ4v) is 2.36. The number of carbonyl (C=O) groups is 1. The van der Waals surface area contributed by atoms with Crippen LogP contribution in [0.2, 0.25) is 0 Å². The van der Waals surface area contributed by atoms with Gasteiger partial charge in [0.15, 0.2) is 6.72 Å². The summed E-state index contributed by atoms with van der Waals surface area (Å²) in [7, 11) is 0. The van der Waals surface area contributed by atoms with Crippen molar-refractivity contribution in [2.24, 2.45) is 5.84 Å². The van der Waals surface area contributed by atoms with Crippen LogP contribution >= 0.6 is 0 Å². The first kappa shape index (κ1) is 13.4. The number of hydrazone groups is 1. The molecule has 1 heterocycles. The van der Waals surface area contributed by atoms with Crippen molar-refractivity contribution in [1.29, 1.82) is 0 Å². The molecule has 1 aromatic heterocycles. The minimum Gasteiger partial charge on any atom is -0.465 e. The van der Waals surface area contributed by atoms with Crippen molar-refractivity contribution in [2.45, 2.75) is 38.8 Å². The largest absolute Gasteiger partial charge is 0.465 e. The van der Waals surface area contributed by atoms with Crippen LogP contribution in [0.3, 0.4) is 0 Å².